The third kappa shape index (κ3) is 7.10. The molecule has 0 amide bonds. The van der Waals surface area contributed by atoms with E-state index >= 15 is 0 Å². The van der Waals surface area contributed by atoms with Gasteiger partial charge in [0.05, 0.1) is 43.9 Å². The molecule has 20 heavy (non-hydrogen) atoms. The maximum atomic E-state index is 10.6. The molecule has 0 fully saturated rings. The van der Waals surface area contributed by atoms with Crippen molar-refractivity contribution in [2.24, 2.45) is 10.2 Å². The summed E-state index contributed by atoms with van der Waals surface area (Å²) in [6.45, 7) is 1.94. The number of hydrogen-bond donors (Lipinski definition) is 0. The molecule has 12 heteroatoms. The van der Waals surface area contributed by atoms with Gasteiger partial charge in [-0.1, -0.05) is 0 Å². The van der Waals surface area contributed by atoms with Crippen molar-refractivity contribution < 1.29 is 25.9 Å². The monoisotopic (exact) mass is 322 g/mol. The van der Waals surface area contributed by atoms with Crippen LogP contribution < -0.4 is 0 Å². The number of hydrogen-bond acceptors (Lipinski definition) is 10. The fourth-order valence-electron chi connectivity index (χ4n) is 1.08. The fraction of sp³-hybridized carbons (Fsp3) is 0.750. The lowest BCUT2D eigenvalue weighted by Crippen LogP contribution is -2.34. The van der Waals surface area contributed by atoms with Crippen molar-refractivity contribution in [2.45, 2.75) is 24.9 Å². The van der Waals surface area contributed by atoms with E-state index in [2.05, 4.69) is 10.2 Å². The van der Waals surface area contributed by atoms with E-state index in [9.17, 15) is 25.9 Å². The summed E-state index contributed by atoms with van der Waals surface area (Å²) in [6, 6.07) is 2.84. The van der Waals surface area contributed by atoms with Crippen molar-refractivity contribution in [1.82, 2.24) is 0 Å². The predicted octanol–water partition coefficient (Wildman–Crippen LogP) is -0.906. The van der Waals surface area contributed by atoms with Gasteiger partial charge in [0.25, 0.3) is 0 Å². The molecular formula is C8H10N4O6S2-2. The quantitative estimate of drug-likeness (QED) is 0.443. The first-order valence-corrected chi connectivity index (χ1v) is 8.03. The predicted molar refractivity (Wildman–Crippen MR) is 62.0 cm³/mol. The van der Waals surface area contributed by atoms with Crippen LogP contribution in [-0.4, -0.2) is 48.5 Å². The number of nitriles is 2. The minimum Gasteiger partial charge on any atom is -0.748 e. The molecule has 0 aromatic carbocycles. The molecular weight excluding hydrogens is 312 g/mol. The van der Waals surface area contributed by atoms with Crippen molar-refractivity contribution in [3.05, 3.63) is 0 Å². The van der Waals surface area contributed by atoms with E-state index in [1.165, 1.54) is 12.1 Å². The third-order valence-electron chi connectivity index (χ3n) is 1.89. The zero-order chi connectivity index (χ0) is 16.2. The van der Waals surface area contributed by atoms with Crippen molar-refractivity contribution in [3.8, 4) is 12.1 Å². The summed E-state index contributed by atoms with van der Waals surface area (Å²) in [4.78, 5) is 0. The van der Waals surface area contributed by atoms with E-state index in [4.69, 9.17) is 10.5 Å². The molecule has 0 aromatic heterocycles. The van der Waals surface area contributed by atoms with Crippen LogP contribution in [0.3, 0.4) is 0 Å². The summed E-state index contributed by atoms with van der Waals surface area (Å²) in [5.74, 6) is -2.41. The third-order valence-corrected chi connectivity index (χ3v) is 3.72. The fourth-order valence-corrected chi connectivity index (χ4v) is 2.70. The van der Waals surface area contributed by atoms with E-state index in [1.54, 1.807) is 0 Å². The zero-order valence-corrected chi connectivity index (χ0v) is 12.1. The topological polar surface area (TPSA) is 187 Å². The van der Waals surface area contributed by atoms with Crippen LogP contribution in [0.4, 0.5) is 0 Å². The molecule has 2 atom stereocenters. The number of nitrogens with zero attached hydrogens (tertiary/aromatic N) is 4. The maximum Gasteiger partial charge on any atom is 0.177 e. The molecule has 0 aliphatic heterocycles. The zero-order valence-electron chi connectivity index (χ0n) is 10.5. The molecule has 0 bridgehead atoms. The molecule has 0 radical (unpaired) electrons. The highest BCUT2D eigenvalue weighted by Gasteiger charge is 2.31. The Morgan fingerprint density at radius 2 is 1.15 bits per heavy atom. The summed E-state index contributed by atoms with van der Waals surface area (Å²) in [5, 5.41) is 24.1. The number of azo groups is 1. The van der Waals surface area contributed by atoms with Crippen LogP contribution in [0.2, 0.25) is 0 Å². The second kappa shape index (κ2) is 5.80. The molecule has 0 saturated heterocycles. The normalized spacial score (nSPS) is 18.7. The van der Waals surface area contributed by atoms with Crippen LogP contribution in [-0.2, 0) is 20.2 Å². The van der Waals surface area contributed by atoms with Gasteiger partial charge in [0.15, 0.2) is 11.1 Å². The summed E-state index contributed by atoms with van der Waals surface area (Å²) < 4.78 is 63.7. The Kier molecular flexibility index (Phi) is 5.34. The second-order valence-electron chi connectivity index (χ2n) is 4.38. The molecule has 0 spiro atoms. The van der Waals surface area contributed by atoms with Gasteiger partial charge in [-0.05, 0) is 13.8 Å². The van der Waals surface area contributed by atoms with Gasteiger partial charge in [-0.3, -0.25) is 0 Å². The highest BCUT2D eigenvalue weighted by Crippen LogP contribution is 2.18. The Morgan fingerprint density at radius 1 is 0.900 bits per heavy atom. The van der Waals surface area contributed by atoms with E-state index in [0.29, 0.717) is 0 Å². The highest BCUT2D eigenvalue weighted by atomic mass is 32.2. The van der Waals surface area contributed by atoms with Gasteiger partial charge >= 0.3 is 0 Å². The number of rotatable bonds is 6. The van der Waals surface area contributed by atoms with Crippen LogP contribution in [0.1, 0.15) is 13.8 Å². The van der Waals surface area contributed by atoms with Gasteiger partial charge in [-0.2, -0.15) is 20.8 Å². The molecule has 0 aromatic rings. The molecule has 0 saturated carbocycles. The Balaban J connectivity index is 5.45. The van der Waals surface area contributed by atoms with Gasteiger partial charge in [-0.25, -0.2) is 16.8 Å². The SMILES string of the molecule is CC(C#N)(CS(=O)(=O)[O-])N=NC(C)(C#N)CS(=O)(=O)[O-]. The first kappa shape index (κ1) is 18.4. The Hall–Kier alpha value is -1.60. The average molecular weight is 322 g/mol. The standard InChI is InChI=1S/C8H12N4O6S2/c1-7(3-9,5-19(13,14)15)11-12-8(2,4-10)6-20(16,17)18/h5-6H2,1-2H3,(H,13,14,15)(H,16,17,18)/p-2. The first-order valence-electron chi connectivity index (χ1n) is 4.88. The van der Waals surface area contributed by atoms with Gasteiger partial charge in [-0.15, -0.1) is 0 Å². The van der Waals surface area contributed by atoms with Gasteiger partial charge in [0.2, 0.25) is 0 Å². The molecule has 0 aliphatic rings. The molecule has 0 heterocycles. The Labute approximate surface area is 116 Å². The minimum absolute atomic E-state index is 0.968. The van der Waals surface area contributed by atoms with Crippen molar-refractivity contribution in [1.29, 1.82) is 10.5 Å². The molecule has 0 N–H and O–H groups in total. The van der Waals surface area contributed by atoms with Crippen LogP contribution >= 0.6 is 0 Å². The first-order chi connectivity index (χ1) is 8.74. The highest BCUT2D eigenvalue weighted by molar-refractivity contribution is 7.86. The summed E-state index contributed by atoms with van der Waals surface area (Å²) in [5.41, 5.74) is -4.16. The Bertz CT molecular complexity index is 625. The van der Waals surface area contributed by atoms with Gasteiger partial charge < -0.3 is 9.11 Å². The summed E-state index contributed by atoms with van der Waals surface area (Å²) >= 11 is 0. The molecule has 0 rings (SSSR count). The molecule has 0 aliphatic carbocycles. The van der Waals surface area contributed by atoms with Crippen LogP contribution in [0.5, 0.6) is 0 Å². The van der Waals surface area contributed by atoms with E-state index in [-0.39, 0.29) is 0 Å². The average Bonchev–Trinajstić information content (AvgIpc) is 2.22. The lowest BCUT2D eigenvalue weighted by Gasteiger charge is -2.21. The van der Waals surface area contributed by atoms with Crippen LogP contribution in [0.25, 0.3) is 0 Å². The maximum absolute atomic E-state index is 10.6. The summed E-state index contributed by atoms with van der Waals surface area (Å²) in [7, 11) is -9.59. The van der Waals surface area contributed by atoms with Crippen molar-refractivity contribution in [2.75, 3.05) is 11.5 Å². The second-order valence-corrected chi connectivity index (χ2v) is 7.18. The molecule has 10 nitrogen and oxygen atoms in total. The molecule has 112 valence electrons. The largest absolute Gasteiger partial charge is 0.748 e. The minimum atomic E-state index is -4.79. The van der Waals surface area contributed by atoms with Crippen LogP contribution in [0.15, 0.2) is 10.2 Å². The Morgan fingerprint density at radius 3 is 1.30 bits per heavy atom. The molecule has 2 unspecified atom stereocenters. The van der Waals surface area contributed by atoms with Crippen LogP contribution in [0, 0.1) is 22.7 Å². The summed E-state index contributed by atoms with van der Waals surface area (Å²) in [6.07, 6.45) is 0. The van der Waals surface area contributed by atoms with Crippen molar-refractivity contribution in [3.63, 3.8) is 0 Å². The van der Waals surface area contributed by atoms with Gasteiger partial charge in [0, 0.05) is 0 Å². The van der Waals surface area contributed by atoms with E-state index < -0.39 is 42.8 Å². The van der Waals surface area contributed by atoms with Gasteiger partial charge in [0.1, 0.15) is 0 Å². The van der Waals surface area contributed by atoms with E-state index in [1.807, 2.05) is 0 Å². The van der Waals surface area contributed by atoms with Crippen molar-refractivity contribution >= 4 is 20.2 Å². The smallest absolute Gasteiger partial charge is 0.177 e. The lowest BCUT2D eigenvalue weighted by atomic mass is 10.1. The van der Waals surface area contributed by atoms with E-state index in [0.717, 1.165) is 13.8 Å². The lowest BCUT2D eigenvalue weighted by molar-refractivity contribution is 0.436.